The normalized spacial score (nSPS) is 18.9. The molecule has 1 atom stereocenters. The van der Waals surface area contributed by atoms with E-state index >= 15 is 0 Å². The van der Waals surface area contributed by atoms with E-state index in [0.717, 1.165) is 36.1 Å². The van der Waals surface area contributed by atoms with Crippen LogP contribution in [0.1, 0.15) is 23.2 Å². The Morgan fingerprint density at radius 1 is 1.43 bits per heavy atom. The lowest BCUT2D eigenvalue weighted by Gasteiger charge is -2.31. The third kappa shape index (κ3) is 3.86. The summed E-state index contributed by atoms with van der Waals surface area (Å²) in [6.45, 7) is 2.94. The summed E-state index contributed by atoms with van der Waals surface area (Å²) in [5.74, 6) is -0.367. The van der Waals surface area contributed by atoms with Crippen LogP contribution in [0.25, 0.3) is 10.2 Å². The molecular weight excluding hydrogens is 312 g/mol. The lowest BCUT2D eigenvalue weighted by Crippen LogP contribution is -2.44. The third-order valence-corrected chi connectivity index (χ3v) is 5.01. The van der Waals surface area contributed by atoms with Gasteiger partial charge in [0, 0.05) is 25.2 Å². The standard InChI is InChI=1S/C16H20N4O2S/c17-15(21)12-2-1-6-20(9-12)7-5-18-16(22)11-3-4-13-14(8-11)23-10-19-13/h3-4,8,10,12H,1-2,5-7,9H2,(H2,17,21)(H,18,22)/t12-/m1/s1. The highest BCUT2D eigenvalue weighted by Crippen LogP contribution is 2.19. The molecule has 0 spiro atoms. The highest BCUT2D eigenvalue weighted by Gasteiger charge is 2.23. The predicted molar refractivity (Wildman–Crippen MR) is 90.3 cm³/mol. The fraction of sp³-hybridized carbons (Fsp3) is 0.438. The van der Waals surface area contributed by atoms with Gasteiger partial charge in [0.1, 0.15) is 0 Å². The molecule has 6 nitrogen and oxygen atoms in total. The Balaban J connectivity index is 1.50. The Kier molecular flexibility index (Phi) is 4.88. The first-order chi connectivity index (χ1) is 11.1. The summed E-state index contributed by atoms with van der Waals surface area (Å²) in [7, 11) is 0. The van der Waals surface area contributed by atoms with Crippen molar-refractivity contribution in [1.29, 1.82) is 0 Å². The van der Waals surface area contributed by atoms with Crippen LogP contribution in [-0.4, -0.2) is 47.9 Å². The number of hydrogen-bond donors (Lipinski definition) is 2. The van der Waals surface area contributed by atoms with Crippen LogP contribution in [0.4, 0.5) is 0 Å². The molecule has 0 unspecified atom stereocenters. The Morgan fingerprint density at radius 3 is 3.13 bits per heavy atom. The van der Waals surface area contributed by atoms with Crippen LogP contribution in [0.5, 0.6) is 0 Å². The molecule has 0 radical (unpaired) electrons. The average molecular weight is 332 g/mol. The maximum atomic E-state index is 12.2. The molecule has 1 fully saturated rings. The van der Waals surface area contributed by atoms with E-state index in [-0.39, 0.29) is 17.7 Å². The fourth-order valence-corrected chi connectivity index (χ4v) is 3.63. The van der Waals surface area contributed by atoms with Gasteiger partial charge in [-0.1, -0.05) is 0 Å². The smallest absolute Gasteiger partial charge is 0.251 e. The van der Waals surface area contributed by atoms with Crippen molar-refractivity contribution in [2.75, 3.05) is 26.2 Å². The summed E-state index contributed by atoms with van der Waals surface area (Å²) in [6.07, 6.45) is 1.84. The van der Waals surface area contributed by atoms with Crippen molar-refractivity contribution >= 4 is 33.4 Å². The minimum atomic E-state index is -0.225. The van der Waals surface area contributed by atoms with Crippen molar-refractivity contribution in [3.63, 3.8) is 0 Å². The van der Waals surface area contributed by atoms with Crippen LogP contribution in [0.2, 0.25) is 0 Å². The van der Waals surface area contributed by atoms with Crippen molar-refractivity contribution in [2.24, 2.45) is 11.7 Å². The summed E-state index contributed by atoms with van der Waals surface area (Å²) < 4.78 is 1.01. The van der Waals surface area contributed by atoms with E-state index in [4.69, 9.17) is 5.73 Å². The van der Waals surface area contributed by atoms with Gasteiger partial charge in [-0.15, -0.1) is 11.3 Å². The van der Waals surface area contributed by atoms with Gasteiger partial charge in [0.2, 0.25) is 5.91 Å². The molecule has 3 N–H and O–H groups in total. The zero-order valence-corrected chi connectivity index (χ0v) is 13.6. The number of hydrogen-bond acceptors (Lipinski definition) is 5. The second kappa shape index (κ2) is 7.06. The Bertz CT molecular complexity index is 715. The van der Waals surface area contributed by atoms with E-state index in [1.807, 2.05) is 12.1 Å². The Labute approximate surface area is 138 Å². The molecule has 2 heterocycles. The largest absolute Gasteiger partial charge is 0.369 e. The second-order valence-electron chi connectivity index (χ2n) is 5.83. The molecule has 2 amide bonds. The topological polar surface area (TPSA) is 88.3 Å². The lowest BCUT2D eigenvalue weighted by atomic mass is 9.97. The van der Waals surface area contributed by atoms with Gasteiger partial charge >= 0.3 is 0 Å². The number of carbonyl (C=O) groups is 2. The summed E-state index contributed by atoms with van der Waals surface area (Å²) in [5.41, 5.74) is 8.72. The van der Waals surface area contributed by atoms with Crippen LogP contribution in [0.15, 0.2) is 23.7 Å². The summed E-state index contributed by atoms with van der Waals surface area (Å²) >= 11 is 1.53. The van der Waals surface area contributed by atoms with Crippen molar-refractivity contribution in [2.45, 2.75) is 12.8 Å². The lowest BCUT2D eigenvalue weighted by molar-refractivity contribution is -0.123. The molecule has 2 aromatic rings. The minimum absolute atomic E-state index is 0.0619. The number of nitrogens with zero attached hydrogens (tertiary/aromatic N) is 2. The van der Waals surface area contributed by atoms with Crippen LogP contribution in [-0.2, 0) is 4.79 Å². The number of fused-ring (bicyclic) bond motifs is 1. The molecule has 7 heteroatoms. The molecule has 1 saturated heterocycles. The SMILES string of the molecule is NC(=O)[C@@H]1CCCN(CCNC(=O)c2ccc3ncsc3c2)C1. The van der Waals surface area contributed by atoms with E-state index in [0.29, 0.717) is 18.7 Å². The number of carbonyl (C=O) groups excluding carboxylic acids is 2. The fourth-order valence-electron chi connectivity index (χ4n) is 2.92. The number of nitrogens with two attached hydrogens (primary N) is 1. The van der Waals surface area contributed by atoms with Gasteiger partial charge in [-0.3, -0.25) is 9.59 Å². The number of piperidine rings is 1. The Morgan fingerprint density at radius 2 is 2.30 bits per heavy atom. The number of amides is 2. The maximum absolute atomic E-state index is 12.2. The summed E-state index contributed by atoms with van der Waals surface area (Å²) in [5, 5.41) is 2.93. The van der Waals surface area contributed by atoms with Gasteiger partial charge < -0.3 is 16.0 Å². The minimum Gasteiger partial charge on any atom is -0.369 e. The maximum Gasteiger partial charge on any atom is 0.251 e. The Hall–Kier alpha value is -1.99. The van der Waals surface area contributed by atoms with Crippen molar-refractivity contribution in [3.05, 3.63) is 29.3 Å². The number of likely N-dealkylation sites (tertiary alicyclic amines) is 1. The third-order valence-electron chi connectivity index (χ3n) is 4.21. The van der Waals surface area contributed by atoms with Crippen molar-refractivity contribution < 1.29 is 9.59 Å². The van der Waals surface area contributed by atoms with Crippen molar-refractivity contribution in [3.8, 4) is 0 Å². The number of thiazole rings is 1. The predicted octanol–water partition coefficient (Wildman–Crippen LogP) is 1.22. The van der Waals surface area contributed by atoms with E-state index in [2.05, 4.69) is 15.2 Å². The molecule has 3 rings (SSSR count). The molecule has 1 aromatic carbocycles. The first-order valence-corrected chi connectivity index (χ1v) is 8.64. The summed E-state index contributed by atoms with van der Waals surface area (Å²) in [4.78, 5) is 29.9. The molecule has 1 aliphatic heterocycles. The number of nitrogens with one attached hydrogen (secondary N) is 1. The zero-order valence-electron chi connectivity index (χ0n) is 12.8. The molecule has 0 saturated carbocycles. The molecule has 122 valence electrons. The van der Waals surface area contributed by atoms with E-state index in [1.165, 1.54) is 11.3 Å². The summed E-state index contributed by atoms with van der Waals surface area (Å²) in [6, 6.07) is 5.52. The van der Waals surface area contributed by atoms with Gasteiger partial charge in [0.15, 0.2) is 0 Å². The zero-order chi connectivity index (χ0) is 16.2. The van der Waals surface area contributed by atoms with Gasteiger partial charge in [-0.05, 0) is 37.6 Å². The molecule has 0 aliphatic carbocycles. The monoisotopic (exact) mass is 332 g/mol. The van der Waals surface area contributed by atoms with Gasteiger partial charge in [0.05, 0.1) is 21.6 Å². The van der Waals surface area contributed by atoms with E-state index < -0.39 is 0 Å². The number of aromatic nitrogens is 1. The number of rotatable bonds is 5. The highest BCUT2D eigenvalue weighted by molar-refractivity contribution is 7.16. The quantitative estimate of drug-likeness (QED) is 0.862. The average Bonchev–Trinajstić information content (AvgIpc) is 3.02. The molecule has 1 aromatic heterocycles. The van der Waals surface area contributed by atoms with E-state index in [9.17, 15) is 9.59 Å². The van der Waals surface area contributed by atoms with Crippen LogP contribution in [0, 0.1) is 5.92 Å². The molecule has 0 bridgehead atoms. The van der Waals surface area contributed by atoms with Gasteiger partial charge in [-0.2, -0.15) is 0 Å². The first-order valence-electron chi connectivity index (χ1n) is 7.76. The van der Waals surface area contributed by atoms with Crippen molar-refractivity contribution in [1.82, 2.24) is 15.2 Å². The molecule has 23 heavy (non-hydrogen) atoms. The molecule has 1 aliphatic rings. The van der Waals surface area contributed by atoms with Crippen LogP contribution in [0.3, 0.4) is 0 Å². The highest BCUT2D eigenvalue weighted by atomic mass is 32.1. The van der Waals surface area contributed by atoms with Crippen LogP contribution < -0.4 is 11.1 Å². The molecular formula is C16H20N4O2S. The number of primary amides is 1. The van der Waals surface area contributed by atoms with Gasteiger partial charge in [0.25, 0.3) is 5.91 Å². The van der Waals surface area contributed by atoms with Gasteiger partial charge in [-0.25, -0.2) is 4.98 Å². The number of benzene rings is 1. The first kappa shape index (κ1) is 15.9. The second-order valence-corrected chi connectivity index (χ2v) is 6.72. The van der Waals surface area contributed by atoms with Crippen LogP contribution >= 0.6 is 11.3 Å². The van der Waals surface area contributed by atoms with E-state index in [1.54, 1.807) is 11.6 Å².